The molecule has 0 unspecified atom stereocenters. The second-order valence-electron chi connectivity index (χ2n) is 4.81. The van der Waals surface area contributed by atoms with E-state index < -0.39 is 0 Å². The average molecular weight is 284 g/mol. The summed E-state index contributed by atoms with van der Waals surface area (Å²) in [4.78, 5) is 14.8. The van der Waals surface area contributed by atoms with Gasteiger partial charge in [0.2, 0.25) is 17.8 Å². The lowest BCUT2D eigenvalue weighted by atomic mass is 10.2. The Morgan fingerprint density at radius 3 is 2.37 bits per heavy atom. The Morgan fingerprint density at radius 2 is 1.84 bits per heavy atom. The van der Waals surface area contributed by atoms with Gasteiger partial charge in [-0.05, 0) is 34.0 Å². The maximum atomic E-state index is 5.74. The minimum absolute atomic E-state index is 0.122. The molecule has 0 aliphatic heterocycles. The summed E-state index contributed by atoms with van der Waals surface area (Å²) in [6.45, 7) is 10.9. The minimum atomic E-state index is 0.122. The highest BCUT2D eigenvalue weighted by Crippen LogP contribution is 2.21. The van der Waals surface area contributed by atoms with Crippen LogP contribution < -0.4 is 16.0 Å². The minimum Gasteiger partial charge on any atom is -0.368 e. The zero-order chi connectivity index (χ0) is 14.5. The second kappa shape index (κ2) is 6.79. The first-order valence-electron chi connectivity index (χ1n) is 6.47. The summed E-state index contributed by atoms with van der Waals surface area (Å²) in [6, 6.07) is 0. The van der Waals surface area contributed by atoms with Crippen LogP contribution in [0.1, 0.15) is 27.7 Å². The molecule has 0 spiro atoms. The average Bonchev–Trinajstić information content (AvgIpc) is 2.37. The number of hydrogen-bond acceptors (Lipinski definition) is 7. The quantitative estimate of drug-likeness (QED) is 0.791. The number of nitrogen functional groups attached to an aromatic ring is 1. The third-order valence-electron chi connectivity index (χ3n) is 2.91. The van der Waals surface area contributed by atoms with E-state index in [0.717, 1.165) is 19.6 Å². The lowest BCUT2D eigenvalue weighted by molar-refractivity contribution is 0.743. The van der Waals surface area contributed by atoms with Gasteiger partial charge in [0.25, 0.3) is 0 Å². The van der Waals surface area contributed by atoms with Crippen LogP contribution in [0.15, 0.2) is 0 Å². The van der Waals surface area contributed by atoms with Crippen LogP contribution in [0.4, 0.5) is 17.8 Å². The molecule has 3 N–H and O–H groups in total. The highest BCUT2D eigenvalue weighted by atomic mass is 32.2. The van der Waals surface area contributed by atoms with Crippen molar-refractivity contribution < 1.29 is 0 Å². The largest absolute Gasteiger partial charge is 0.368 e. The topological polar surface area (TPSA) is 80.0 Å². The third-order valence-corrected chi connectivity index (χ3v) is 4.16. The van der Waals surface area contributed by atoms with Crippen molar-refractivity contribution in [1.82, 2.24) is 15.0 Å². The molecule has 19 heavy (non-hydrogen) atoms. The molecule has 0 saturated carbocycles. The van der Waals surface area contributed by atoms with Gasteiger partial charge in [0, 0.05) is 24.4 Å². The molecule has 7 heteroatoms. The van der Waals surface area contributed by atoms with Gasteiger partial charge in [0.15, 0.2) is 0 Å². The normalized spacial score (nSPS) is 11.4. The standard InChI is InChI=1S/C12H24N6S/c1-6-18(7-2)11-16-9(13)15-10(17-11)14-8-12(3,4)19-5/h6-8H2,1-5H3,(H3,13,14,15,16,17). The van der Waals surface area contributed by atoms with Crippen molar-refractivity contribution in [2.45, 2.75) is 32.4 Å². The van der Waals surface area contributed by atoms with Gasteiger partial charge in [0.05, 0.1) is 0 Å². The zero-order valence-electron chi connectivity index (χ0n) is 12.4. The van der Waals surface area contributed by atoms with Crippen LogP contribution in [0.5, 0.6) is 0 Å². The first-order valence-corrected chi connectivity index (χ1v) is 7.69. The molecule has 0 saturated heterocycles. The second-order valence-corrected chi connectivity index (χ2v) is 6.32. The zero-order valence-corrected chi connectivity index (χ0v) is 13.2. The SMILES string of the molecule is CCN(CC)c1nc(N)nc(NCC(C)(C)SC)n1. The van der Waals surface area contributed by atoms with E-state index in [-0.39, 0.29) is 10.7 Å². The molecule has 0 radical (unpaired) electrons. The fraction of sp³-hybridized carbons (Fsp3) is 0.750. The number of nitrogens with one attached hydrogen (secondary N) is 1. The van der Waals surface area contributed by atoms with E-state index in [2.05, 4.69) is 54.2 Å². The number of hydrogen-bond donors (Lipinski definition) is 2. The highest BCUT2D eigenvalue weighted by Gasteiger charge is 2.17. The predicted molar refractivity (Wildman–Crippen MR) is 83.9 cm³/mol. The number of nitrogens with zero attached hydrogens (tertiary/aromatic N) is 4. The van der Waals surface area contributed by atoms with E-state index in [1.165, 1.54) is 0 Å². The Balaban J connectivity index is 2.85. The molecule has 1 heterocycles. The molecule has 6 nitrogen and oxygen atoms in total. The Labute approximate surface area is 119 Å². The van der Waals surface area contributed by atoms with E-state index in [4.69, 9.17) is 5.73 Å². The predicted octanol–water partition coefficient (Wildman–Crippen LogP) is 1.85. The lowest BCUT2D eigenvalue weighted by Crippen LogP contribution is -2.28. The van der Waals surface area contributed by atoms with Gasteiger partial charge in [-0.25, -0.2) is 0 Å². The van der Waals surface area contributed by atoms with E-state index in [1.54, 1.807) is 11.8 Å². The molecule has 1 rings (SSSR count). The number of thioether (sulfide) groups is 1. The van der Waals surface area contributed by atoms with Gasteiger partial charge in [-0.15, -0.1) is 0 Å². The number of rotatable bonds is 7. The van der Waals surface area contributed by atoms with Crippen LogP contribution >= 0.6 is 11.8 Å². The highest BCUT2D eigenvalue weighted by molar-refractivity contribution is 7.99. The number of aromatic nitrogens is 3. The maximum Gasteiger partial charge on any atom is 0.231 e. The van der Waals surface area contributed by atoms with Crippen LogP contribution in [0.25, 0.3) is 0 Å². The van der Waals surface area contributed by atoms with Crippen molar-refractivity contribution in [2.75, 3.05) is 41.8 Å². The van der Waals surface area contributed by atoms with Gasteiger partial charge in [-0.1, -0.05) is 0 Å². The molecule has 0 aromatic carbocycles. The summed E-state index contributed by atoms with van der Waals surface area (Å²) in [5.74, 6) is 1.42. The number of anilines is 3. The van der Waals surface area contributed by atoms with Crippen LogP contribution in [0.3, 0.4) is 0 Å². The van der Waals surface area contributed by atoms with Gasteiger partial charge < -0.3 is 16.0 Å². The number of nitrogens with two attached hydrogens (primary N) is 1. The van der Waals surface area contributed by atoms with E-state index >= 15 is 0 Å². The van der Waals surface area contributed by atoms with Gasteiger partial charge in [0.1, 0.15) is 0 Å². The van der Waals surface area contributed by atoms with Gasteiger partial charge in [-0.2, -0.15) is 26.7 Å². The molecular formula is C12H24N6S. The fourth-order valence-corrected chi connectivity index (χ4v) is 1.69. The summed E-state index contributed by atoms with van der Waals surface area (Å²) in [5, 5.41) is 3.23. The molecule has 1 aromatic heterocycles. The van der Waals surface area contributed by atoms with E-state index in [1.807, 2.05) is 4.90 Å². The molecule has 0 aliphatic carbocycles. The van der Waals surface area contributed by atoms with Crippen LogP contribution in [0, 0.1) is 0 Å². The van der Waals surface area contributed by atoms with E-state index in [9.17, 15) is 0 Å². The molecule has 0 aliphatic rings. The van der Waals surface area contributed by atoms with Crippen LogP contribution in [0.2, 0.25) is 0 Å². The molecule has 1 aromatic rings. The first kappa shape index (κ1) is 15.8. The van der Waals surface area contributed by atoms with Crippen LogP contribution in [-0.2, 0) is 0 Å². The van der Waals surface area contributed by atoms with Crippen molar-refractivity contribution in [3.8, 4) is 0 Å². The van der Waals surface area contributed by atoms with Crippen molar-refractivity contribution in [3.63, 3.8) is 0 Å². The maximum absolute atomic E-state index is 5.74. The fourth-order valence-electron chi connectivity index (χ4n) is 1.47. The molecule has 0 fully saturated rings. The Kier molecular flexibility index (Phi) is 5.65. The lowest BCUT2D eigenvalue weighted by Gasteiger charge is -2.23. The first-order chi connectivity index (χ1) is 8.91. The summed E-state index contributed by atoms with van der Waals surface area (Å²) >= 11 is 1.79. The molecular weight excluding hydrogens is 260 g/mol. The summed E-state index contributed by atoms with van der Waals surface area (Å²) in [6.07, 6.45) is 2.09. The molecule has 0 atom stereocenters. The molecule has 0 amide bonds. The van der Waals surface area contributed by atoms with Crippen LogP contribution in [-0.4, -0.2) is 45.6 Å². The van der Waals surface area contributed by atoms with Crippen molar-refractivity contribution in [3.05, 3.63) is 0 Å². The third kappa shape index (κ3) is 4.74. The Bertz CT molecular complexity index is 405. The Morgan fingerprint density at radius 1 is 1.21 bits per heavy atom. The van der Waals surface area contributed by atoms with Crippen molar-refractivity contribution in [1.29, 1.82) is 0 Å². The monoisotopic (exact) mass is 284 g/mol. The Hall–Kier alpha value is -1.24. The summed E-state index contributed by atoms with van der Waals surface area (Å²) in [7, 11) is 0. The molecule has 108 valence electrons. The van der Waals surface area contributed by atoms with Crippen molar-refractivity contribution in [2.24, 2.45) is 0 Å². The molecule has 0 bridgehead atoms. The van der Waals surface area contributed by atoms with Gasteiger partial charge >= 0.3 is 0 Å². The smallest absolute Gasteiger partial charge is 0.231 e. The summed E-state index contributed by atoms with van der Waals surface area (Å²) < 4.78 is 0.122. The van der Waals surface area contributed by atoms with E-state index in [0.29, 0.717) is 11.9 Å². The van der Waals surface area contributed by atoms with Gasteiger partial charge in [-0.3, -0.25) is 0 Å². The summed E-state index contributed by atoms with van der Waals surface area (Å²) in [5.41, 5.74) is 5.74. The van der Waals surface area contributed by atoms with Crippen molar-refractivity contribution >= 4 is 29.6 Å².